The van der Waals surface area contributed by atoms with Gasteiger partial charge in [0.1, 0.15) is 5.76 Å². The number of nitrogens with one attached hydrogen (secondary N) is 2. The lowest BCUT2D eigenvalue weighted by Gasteiger charge is -2.24. The van der Waals surface area contributed by atoms with Gasteiger partial charge in [0.05, 0.1) is 24.9 Å². The van der Waals surface area contributed by atoms with Gasteiger partial charge in [-0.1, -0.05) is 19.0 Å². The molecule has 1 fully saturated rings. The van der Waals surface area contributed by atoms with Crippen LogP contribution >= 0.6 is 0 Å². The summed E-state index contributed by atoms with van der Waals surface area (Å²) < 4.78 is 11.2. The summed E-state index contributed by atoms with van der Waals surface area (Å²) in [6, 6.07) is 0. The molecular weight excluding hydrogens is 346 g/mol. The van der Waals surface area contributed by atoms with Crippen molar-refractivity contribution in [2.75, 3.05) is 33.8 Å². The van der Waals surface area contributed by atoms with E-state index in [9.17, 15) is 4.79 Å². The van der Waals surface area contributed by atoms with Crippen LogP contribution in [-0.4, -0.2) is 61.8 Å². The van der Waals surface area contributed by atoms with E-state index in [1.165, 1.54) is 6.42 Å². The fourth-order valence-electron chi connectivity index (χ4n) is 2.95. The van der Waals surface area contributed by atoms with E-state index in [0.717, 1.165) is 49.3 Å². The predicted molar refractivity (Wildman–Crippen MR) is 105 cm³/mol. The lowest BCUT2D eigenvalue weighted by molar-refractivity contribution is -0.127. The summed E-state index contributed by atoms with van der Waals surface area (Å²) in [6.07, 6.45) is 5.13. The summed E-state index contributed by atoms with van der Waals surface area (Å²) in [6.45, 7) is 6.24. The van der Waals surface area contributed by atoms with Crippen molar-refractivity contribution in [3.63, 3.8) is 0 Å². The van der Waals surface area contributed by atoms with E-state index >= 15 is 0 Å². The van der Waals surface area contributed by atoms with Gasteiger partial charge >= 0.3 is 0 Å². The van der Waals surface area contributed by atoms with E-state index in [1.54, 1.807) is 19.0 Å². The van der Waals surface area contributed by atoms with Crippen LogP contribution in [0.15, 0.2) is 9.52 Å². The Hall–Kier alpha value is -2.09. The molecule has 1 aromatic rings. The predicted octanol–water partition coefficient (Wildman–Crippen LogP) is 1.49. The number of guanidine groups is 1. The molecule has 27 heavy (non-hydrogen) atoms. The van der Waals surface area contributed by atoms with E-state index in [1.807, 2.05) is 6.92 Å². The number of hydrogen-bond donors (Lipinski definition) is 2. The summed E-state index contributed by atoms with van der Waals surface area (Å²) in [7, 11) is 3.48. The molecule has 1 aliphatic heterocycles. The number of rotatable bonds is 8. The number of nitrogens with zero attached hydrogens (tertiary/aromatic N) is 3. The summed E-state index contributed by atoms with van der Waals surface area (Å²) in [4.78, 5) is 18.1. The molecule has 0 radical (unpaired) electrons. The molecular formula is C19H33N5O3. The maximum atomic E-state index is 11.9. The number of carbonyl (C=O) groups is 1. The molecule has 1 saturated heterocycles. The summed E-state index contributed by atoms with van der Waals surface area (Å²) >= 11 is 0. The second-order valence-corrected chi connectivity index (χ2v) is 6.91. The molecule has 0 spiro atoms. The summed E-state index contributed by atoms with van der Waals surface area (Å²) in [5.41, 5.74) is 1.98. The molecule has 1 aromatic heterocycles. The SMILES string of the molecule is CCc1noc(CC)c1CN=C(NCC(=O)N(C)C)NCC1CCCCO1. The van der Waals surface area contributed by atoms with Crippen molar-refractivity contribution in [1.29, 1.82) is 0 Å². The third-order valence-corrected chi connectivity index (χ3v) is 4.68. The number of carbonyl (C=O) groups excluding carboxylic acids is 1. The topological polar surface area (TPSA) is 92.0 Å². The maximum absolute atomic E-state index is 11.9. The molecule has 1 unspecified atom stereocenters. The van der Waals surface area contributed by atoms with Gasteiger partial charge in [-0.15, -0.1) is 0 Å². The number of ether oxygens (including phenoxy) is 1. The van der Waals surface area contributed by atoms with Gasteiger partial charge in [-0.25, -0.2) is 4.99 Å². The van der Waals surface area contributed by atoms with Gasteiger partial charge in [0.25, 0.3) is 0 Å². The van der Waals surface area contributed by atoms with Crippen molar-refractivity contribution in [2.45, 2.75) is 58.6 Å². The van der Waals surface area contributed by atoms with Crippen LogP contribution in [0.5, 0.6) is 0 Å². The third-order valence-electron chi connectivity index (χ3n) is 4.68. The van der Waals surface area contributed by atoms with E-state index < -0.39 is 0 Å². The monoisotopic (exact) mass is 379 g/mol. The first-order valence-electron chi connectivity index (χ1n) is 9.85. The van der Waals surface area contributed by atoms with Crippen LogP contribution in [0.4, 0.5) is 0 Å². The number of hydrogen-bond acceptors (Lipinski definition) is 5. The molecule has 2 rings (SSSR count). The van der Waals surface area contributed by atoms with E-state index in [-0.39, 0.29) is 18.6 Å². The second kappa shape index (κ2) is 10.9. The van der Waals surface area contributed by atoms with Crippen LogP contribution in [-0.2, 0) is 28.9 Å². The minimum atomic E-state index is -0.00751. The van der Waals surface area contributed by atoms with Crippen LogP contribution in [0.3, 0.4) is 0 Å². The Morgan fingerprint density at radius 2 is 2.07 bits per heavy atom. The van der Waals surface area contributed by atoms with Gasteiger partial charge in [-0.2, -0.15) is 0 Å². The fraction of sp³-hybridized carbons (Fsp3) is 0.737. The number of aliphatic imine (C=N–C) groups is 1. The molecule has 8 nitrogen and oxygen atoms in total. The van der Waals surface area contributed by atoms with Gasteiger partial charge in [-0.3, -0.25) is 4.79 Å². The van der Waals surface area contributed by atoms with Gasteiger partial charge in [0.2, 0.25) is 5.91 Å². The highest BCUT2D eigenvalue weighted by atomic mass is 16.5. The van der Waals surface area contributed by atoms with Crippen LogP contribution in [0.2, 0.25) is 0 Å². The van der Waals surface area contributed by atoms with Gasteiger partial charge < -0.3 is 24.8 Å². The minimum absolute atomic E-state index is 0.00751. The van der Waals surface area contributed by atoms with Gasteiger partial charge in [0.15, 0.2) is 5.96 Å². The average molecular weight is 380 g/mol. The lowest BCUT2D eigenvalue weighted by Crippen LogP contribution is -2.45. The maximum Gasteiger partial charge on any atom is 0.241 e. The quantitative estimate of drug-likeness (QED) is 0.525. The van der Waals surface area contributed by atoms with Crippen molar-refractivity contribution in [3.8, 4) is 0 Å². The molecule has 0 aromatic carbocycles. The Labute approximate surface area is 161 Å². The first kappa shape index (κ1) is 21.2. The largest absolute Gasteiger partial charge is 0.376 e. The van der Waals surface area contributed by atoms with E-state index in [0.29, 0.717) is 19.0 Å². The Kier molecular flexibility index (Phi) is 8.57. The zero-order chi connectivity index (χ0) is 19.6. The average Bonchev–Trinajstić information content (AvgIpc) is 3.09. The molecule has 1 atom stereocenters. The number of amides is 1. The molecule has 2 N–H and O–H groups in total. The van der Waals surface area contributed by atoms with Crippen LogP contribution in [0.25, 0.3) is 0 Å². The van der Waals surface area contributed by atoms with E-state index in [4.69, 9.17) is 9.26 Å². The van der Waals surface area contributed by atoms with Crippen LogP contribution in [0, 0.1) is 0 Å². The first-order chi connectivity index (χ1) is 13.0. The molecule has 0 saturated carbocycles. The zero-order valence-corrected chi connectivity index (χ0v) is 17.0. The molecule has 1 aliphatic rings. The van der Waals surface area contributed by atoms with Crippen molar-refractivity contribution >= 4 is 11.9 Å². The number of likely N-dealkylation sites (N-methyl/N-ethyl adjacent to an activating group) is 1. The number of aryl methyl sites for hydroxylation is 2. The molecule has 2 heterocycles. The lowest BCUT2D eigenvalue weighted by atomic mass is 10.1. The number of aromatic nitrogens is 1. The second-order valence-electron chi connectivity index (χ2n) is 6.91. The molecule has 152 valence electrons. The molecule has 0 bridgehead atoms. The van der Waals surface area contributed by atoms with Crippen LogP contribution < -0.4 is 10.6 Å². The standard InChI is InChI=1S/C19H33N5O3/c1-5-16-15(17(6-2)27-23-16)12-21-19(22-13-18(25)24(3)4)20-11-14-9-7-8-10-26-14/h14H,5-13H2,1-4H3,(H2,20,21,22). The Morgan fingerprint density at radius 3 is 2.70 bits per heavy atom. The van der Waals surface area contributed by atoms with Crippen molar-refractivity contribution in [1.82, 2.24) is 20.7 Å². The van der Waals surface area contributed by atoms with Crippen molar-refractivity contribution in [3.05, 3.63) is 17.0 Å². The Morgan fingerprint density at radius 1 is 1.26 bits per heavy atom. The highest BCUT2D eigenvalue weighted by molar-refractivity contribution is 5.86. The normalized spacial score (nSPS) is 17.6. The summed E-state index contributed by atoms with van der Waals surface area (Å²) in [5, 5.41) is 10.6. The van der Waals surface area contributed by atoms with E-state index in [2.05, 4.69) is 27.7 Å². The minimum Gasteiger partial charge on any atom is -0.376 e. The summed E-state index contributed by atoms with van der Waals surface area (Å²) in [5.74, 6) is 1.46. The Bertz CT molecular complexity index is 599. The van der Waals surface area contributed by atoms with Gasteiger partial charge in [-0.05, 0) is 25.7 Å². The smallest absolute Gasteiger partial charge is 0.241 e. The third kappa shape index (κ3) is 6.53. The highest BCUT2D eigenvalue weighted by Gasteiger charge is 2.16. The Balaban J connectivity index is 2.03. The van der Waals surface area contributed by atoms with Gasteiger partial charge in [0, 0.05) is 39.2 Å². The molecule has 0 aliphatic carbocycles. The molecule has 1 amide bonds. The molecule has 8 heteroatoms. The zero-order valence-electron chi connectivity index (χ0n) is 17.0. The first-order valence-corrected chi connectivity index (χ1v) is 9.85. The fourth-order valence-corrected chi connectivity index (χ4v) is 2.95. The van der Waals surface area contributed by atoms with Crippen molar-refractivity contribution in [2.24, 2.45) is 4.99 Å². The highest BCUT2D eigenvalue weighted by Crippen LogP contribution is 2.17. The van der Waals surface area contributed by atoms with Crippen molar-refractivity contribution < 1.29 is 14.1 Å². The van der Waals surface area contributed by atoms with Crippen LogP contribution in [0.1, 0.15) is 50.1 Å².